The third-order valence-corrected chi connectivity index (χ3v) is 2.46. The molecule has 3 N–H and O–H groups in total. The Hall–Kier alpha value is -1.63. The van der Waals surface area contributed by atoms with Gasteiger partial charge in [0.15, 0.2) is 0 Å². The number of carbonyl (C=O) groups is 2. The Balaban J connectivity index is 2.80. The van der Waals surface area contributed by atoms with E-state index in [-0.39, 0.29) is 18.4 Å². The van der Waals surface area contributed by atoms with E-state index in [1.54, 1.807) is 19.3 Å². The molecule has 0 unspecified atom stereocenters. The van der Waals surface area contributed by atoms with Gasteiger partial charge in [-0.05, 0) is 22.0 Å². The zero-order chi connectivity index (χ0) is 12.8. The summed E-state index contributed by atoms with van der Waals surface area (Å²) in [5.41, 5.74) is 0.380. The summed E-state index contributed by atoms with van der Waals surface area (Å²) in [4.78, 5) is 26.9. The van der Waals surface area contributed by atoms with E-state index in [1.165, 1.54) is 7.05 Å². The lowest BCUT2D eigenvalue weighted by Crippen LogP contribution is -2.35. The molecule has 1 aromatic heterocycles. The van der Waals surface area contributed by atoms with Gasteiger partial charge in [0.1, 0.15) is 5.82 Å². The van der Waals surface area contributed by atoms with Crippen molar-refractivity contribution in [3.05, 3.63) is 22.3 Å². The molecule has 0 saturated heterocycles. The van der Waals surface area contributed by atoms with Crippen LogP contribution in [0.3, 0.4) is 0 Å². The van der Waals surface area contributed by atoms with Gasteiger partial charge >= 0.3 is 0 Å². The third-order valence-electron chi connectivity index (χ3n) is 2.02. The summed E-state index contributed by atoms with van der Waals surface area (Å²) in [5, 5.41) is 7.73. The van der Waals surface area contributed by atoms with Gasteiger partial charge < -0.3 is 16.0 Å². The van der Waals surface area contributed by atoms with Crippen LogP contribution in [-0.4, -0.2) is 37.4 Å². The Morgan fingerprint density at radius 3 is 2.71 bits per heavy atom. The maximum Gasteiger partial charge on any atom is 0.255 e. The average Bonchev–Trinajstić information content (AvgIpc) is 2.35. The Morgan fingerprint density at radius 1 is 1.41 bits per heavy atom. The van der Waals surface area contributed by atoms with E-state index in [2.05, 4.69) is 36.9 Å². The average molecular weight is 301 g/mol. The van der Waals surface area contributed by atoms with Gasteiger partial charge in [-0.3, -0.25) is 9.59 Å². The number of likely N-dealkylation sites (N-methyl/N-ethyl adjacent to an activating group) is 1. The molecule has 1 heterocycles. The summed E-state index contributed by atoms with van der Waals surface area (Å²) >= 11 is 3.24. The summed E-state index contributed by atoms with van der Waals surface area (Å²) in [6.45, 7) is -0.0645. The lowest BCUT2D eigenvalue weighted by atomic mass is 10.2. The Morgan fingerprint density at radius 2 is 2.12 bits per heavy atom. The fourth-order valence-corrected chi connectivity index (χ4v) is 1.49. The fourth-order valence-electron chi connectivity index (χ4n) is 1.16. The first-order chi connectivity index (χ1) is 8.08. The monoisotopic (exact) mass is 300 g/mol. The lowest BCUT2D eigenvalue weighted by molar-refractivity contribution is -0.119. The molecule has 0 saturated carbocycles. The molecular formula is C10H13BrN4O2. The minimum Gasteiger partial charge on any atom is -0.372 e. The molecule has 0 aliphatic rings. The standard InChI is InChI=1S/C10H13BrN4O2/c1-12-8(16)5-15-10(17)7-3-6(11)4-14-9(7)13-2/h3-4H,5H2,1-2H3,(H,12,16)(H,13,14)(H,15,17). The van der Waals surface area contributed by atoms with Gasteiger partial charge in [-0.1, -0.05) is 0 Å². The summed E-state index contributed by atoms with van der Waals surface area (Å²) < 4.78 is 0.696. The maximum atomic E-state index is 11.8. The predicted molar refractivity (Wildman–Crippen MR) is 67.9 cm³/mol. The van der Waals surface area contributed by atoms with Crippen LogP contribution >= 0.6 is 15.9 Å². The second-order valence-corrected chi connectivity index (χ2v) is 4.07. The number of aromatic nitrogens is 1. The number of hydrogen-bond donors (Lipinski definition) is 3. The van der Waals surface area contributed by atoms with Gasteiger partial charge in [0.2, 0.25) is 5.91 Å². The number of rotatable bonds is 4. The summed E-state index contributed by atoms with van der Waals surface area (Å²) in [7, 11) is 3.18. The van der Waals surface area contributed by atoms with Gasteiger partial charge in [-0.25, -0.2) is 4.98 Å². The van der Waals surface area contributed by atoms with Crippen molar-refractivity contribution in [2.45, 2.75) is 0 Å². The molecule has 0 bridgehead atoms. The van der Waals surface area contributed by atoms with E-state index < -0.39 is 0 Å². The maximum absolute atomic E-state index is 11.8. The number of nitrogens with one attached hydrogen (secondary N) is 3. The van der Waals surface area contributed by atoms with Crippen LogP contribution < -0.4 is 16.0 Å². The minimum absolute atomic E-state index is 0.0645. The van der Waals surface area contributed by atoms with Crippen molar-refractivity contribution >= 4 is 33.6 Å². The van der Waals surface area contributed by atoms with Crippen LogP contribution in [0.25, 0.3) is 0 Å². The van der Waals surface area contributed by atoms with E-state index in [1.807, 2.05) is 0 Å². The molecule has 0 aliphatic carbocycles. The molecule has 0 aliphatic heterocycles. The Bertz CT molecular complexity index is 436. The molecule has 0 atom stereocenters. The molecule has 1 rings (SSSR count). The van der Waals surface area contributed by atoms with Crippen molar-refractivity contribution in [2.24, 2.45) is 0 Å². The van der Waals surface area contributed by atoms with E-state index in [0.29, 0.717) is 15.9 Å². The lowest BCUT2D eigenvalue weighted by Gasteiger charge is -2.08. The van der Waals surface area contributed by atoms with E-state index >= 15 is 0 Å². The van der Waals surface area contributed by atoms with Crippen molar-refractivity contribution in [3.8, 4) is 0 Å². The van der Waals surface area contributed by atoms with Gasteiger partial charge in [0.25, 0.3) is 5.91 Å². The SMILES string of the molecule is CNC(=O)CNC(=O)c1cc(Br)cnc1NC. The number of halogens is 1. The van der Waals surface area contributed by atoms with Crippen LogP contribution in [0.1, 0.15) is 10.4 Å². The molecule has 0 fully saturated rings. The molecule has 0 aromatic carbocycles. The highest BCUT2D eigenvalue weighted by atomic mass is 79.9. The van der Waals surface area contributed by atoms with Gasteiger partial charge in [0, 0.05) is 24.8 Å². The molecule has 1 aromatic rings. The van der Waals surface area contributed by atoms with Crippen molar-refractivity contribution in [2.75, 3.05) is 26.0 Å². The summed E-state index contributed by atoms with van der Waals surface area (Å²) in [5.74, 6) is -0.151. The zero-order valence-corrected chi connectivity index (χ0v) is 11.1. The molecule has 0 radical (unpaired) electrons. The van der Waals surface area contributed by atoms with Gasteiger partial charge in [-0.2, -0.15) is 0 Å². The quantitative estimate of drug-likeness (QED) is 0.750. The molecule has 92 valence electrons. The van der Waals surface area contributed by atoms with Crippen LogP contribution in [0.15, 0.2) is 16.7 Å². The van der Waals surface area contributed by atoms with E-state index in [9.17, 15) is 9.59 Å². The van der Waals surface area contributed by atoms with E-state index in [4.69, 9.17) is 0 Å². The largest absolute Gasteiger partial charge is 0.372 e. The number of pyridine rings is 1. The van der Waals surface area contributed by atoms with E-state index in [0.717, 1.165) is 0 Å². The van der Waals surface area contributed by atoms with Crippen LogP contribution in [-0.2, 0) is 4.79 Å². The van der Waals surface area contributed by atoms with Crippen LogP contribution in [0.2, 0.25) is 0 Å². The molecule has 2 amide bonds. The number of anilines is 1. The number of nitrogens with zero attached hydrogens (tertiary/aromatic N) is 1. The minimum atomic E-state index is -0.355. The summed E-state index contributed by atoms with van der Waals surface area (Å²) in [6.07, 6.45) is 1.58. The molecule has 0 spiro atoms. The number of hydrogen-bond acceptors (Lipinski definition) is 4. The highest BCUT2D eigenvalue weighted by Gasteiger charge is 2.13. The van der Waals surface area contributed by atoms with Crippen LogP contribution in [0, 0.1) is 0 Å². The highest BCUT2D eigenvalue weighted by Crippen LogP contribution is 2.17. The first kappa shape index (κ1) is 13.4. The molecule has 7 heteroatoms. The first-order valence-corrected chi connectivity index (χ1v) is 5.70. The zero-order valence-electron chi connectivity index (χ0n) is 9.50. The van der Waals surface area contributed by atoms with Gasteiger partial charge in [0.05, 0.1) is 12.1 Å². The summed E-state index contributed by atoms with van der Waals surface area (Å²) in [6, 6.07) is 1.64. The smallest absolute Gasteiger partial charge is 0.255 e. The van der Waals surface area contributed by atoms with Crippen molar-refractivity contribution in [1.29, 1.82) is 0 Å². The Labute approximate surface area is 107 Å². The third kappa shape index (κ3) is 3.70. The second-order valence-electron chi connectivity index (χ2n) is 3.16. The number of amides is 2. The topological polar surface area (TPSA) is 83.1 Å². The molecule has 17 heavy (non-hydrogen) atoms. The molecule has 6 nitrogen and oxygen atoms in total. The second kappa shape index (κ2) is 6.19. The van der Waals surface area contributed by atoms with Crippen molar-refractivity contribution in [1.82, 2.24) is 15.6 Å². The van der Waals surface area contributed by atoms with Crippen molar-refractivity contribution in [3.63, 3.8) is 0 Å². The normalized spacial score (nSPS) is 9.59. The van der Waals surface area contributed by atoms with Crippen LogP contribution in [0.5, 0.6) is 0 Å². The first-order valence-electron chi connectivity index (χ1n) is 4.90. The highest BCUT2D eigenvalue weighted by molar-refractivity contribution is 9.10. The number of carbonyl (C=O) groups excluding carboxylic acids is 2. The molecular weight excluding hydrogens is 288 g/mol. The van der Waals surface area contributed by atoms with Gasteiger partial charge in [-0.15, -0.1) is 0 Å². The fraction of sp³-hybridized carbons (Fsp3) is 0.300. The Kier molecular flexibility index (Phi) is 4.89. The van der Waals surface area contributed by atoms with Crippen LogP contribution in [0.4, 0.5) is 5.82 Å². The predicted octanol–water partition coefficient (Wildman–Crippen LogP) is 0.362. The van der Waals surface area contributed by atoms with Crippen molar-refractivity contribution < 1.29 is 9.59 Å².